The molecule has 2 unspecified atom stereocenters. The van der Waals surface area contributed by atoms with E-state index in [1.807, 2.05) is 35.2 Å². The van der Waals surface area contributed by atoms with Crippen molar-refractivity contribution in [2.45, 2.75) is 49.0 Å². The van der Waals surface area contributed by atoms with E-state index in [2.05, 4.69) is 11.3 Å². The SMILES string of the molecule is C=CS(=O)(=O)NCC1CCCN1S(=O)(=O)c1ccc(C(Cc2ccccc2)C(=O)N2CCCC2)cc1. The van der Waals surface area contributed by atoms with Crippen LogP contribution in [0, 0.1) is 0 Å². The Morgan fingerprint density at radius 1 is 0.972 bits per heavy atom. The van der Waals surface area contributed by atoms with Crippen LogP contribution in [0.15, 0.2) is 71.5 Å². The van der Waals surface area contributed by atoms with Crippen molar-refractivity contribution < 1.29 is 21.6 Å². The molecule has 1 amide bonds. The number of hydrogen-bond acceptors (Lipinski definition) is 5. The Bertz CT molecular complexity index is 1270. The van der Waals surface area contributed by atoms with E-state index < -0.39 is 32.0 Å². The summed E-state index contributed by atoms with van der Waals surface area (Å²) < 4.78 is 54.1. The van der Waals surface area contributed by atoms with Gasteiger partial charge in [-0.25, -0.2) is 21.6 Å². The Morgan fingerprint density at radius 2 is 1.64 bits per heavy atom. The van der Waals surface area contributed by atoms with E-state index in [1.165, 1.54) is 4.31 Å². The Labute approximate surface area is 214 Å². The van der Waals surface area contributed by atoms with Gasteiger partial charge in [0, 0.05) is 37.6 Å². The fourth-order valence-corrected chi connectivity index (χ4v) is 7.20. The molecule has 2 saturated heterocycles. The van der Waals surface area contributed by atoms with Gasteiger partial charge in [0.15, 0.2) is 0 Å². The monoisotopic (exact) mass is 531 g/mol. The highest BCUT2D eigenvalue weighted by atomic mass is 32.2. The fraction of sp³-hybridized carbons (Fsp3) is 0.423. The van der Waals surface area contributed by atoms with Crippen LogP contribution in [-0.4, -0.2) is 64.2 Å². The largest absolute Gasteiger partial charge is 0.342 e. The number of benzene rings is 2. The molecule has 4 rings (SSSR count). The second-order valence-electron chi connectivity index (χ2n) is 9.32. The average Bonchev–Trinajstić information content (AvgIpc) is 3.59. The Kier molecular flexibility index (Phi) is 8.29. The first kappa shape index (κ1) is 26.5. The number of nitrogens with one attached hydrogen (secondary N) is 1. The third-order valence-corrected chi connectivity index (χ3v) is 9.92. The molecule has 0 aliphatic carbocycles. The lowest BCUT2D eigenvalue weighted by Crippen LogP contribution is -2.42. The van der Waals surface area contributed by atoms with Crippen LogP contribution >= 0.6 is 0 Å². The van der Waals surface area contributed by atoms with Gasteiger partial charge >= 0.3 is 0 Å². The van der Waals surface area contributed by atoms with Crippen LogP contribution in [0.1, 0.15) is 42.7 Å². The molecule has 2 aromatic carbocycles. The van der Waals surface area contributed by atoms with Gasteiger partial charge in [-0.1, -0.05) is 49.0 Å². The first-order valence-corrected chi connectivity index (χ1v) is 15.3. The third-order valence-electron chi connectivity index (χ3n) is 6.95. The number of hydrogen-bond donors (Lipinski definition) is 1. The zero-order valence-corrected chi connectivity index (χ0v) is 21.9. The number of sulfonamides is 2. The maximum Gasteiger partial charge on any atom is 0.243 e. The van der Waals surface area contributed by atoms with E-state index in [0.717, 1.165) is 42.5 Å². The van der Waals surface area contributed by atoms with E-state index in [1.54, 1.807) is 24.3 Å². The summed E-state index contributed by atoms with van der Waals surface area (Å²) in [6.07, 6.45) is 3.77. The van der Waals surface area contributed by atoms with Crippen LogP contribution in [0.5, 0.6) is 0 Å². The molecule has 36 heavy (non-hydrogen) atoms. The van der Waals surface area contributed by atoms with Crippen molar-refractivity contribution in [2.24, 2.45) is 0 Å². The maximum atomic E-state index is 13.4. The van der Waals surface area contributed by atoms with E-state index >= 15 is 0 Å². The summed E-state index contributed by atoms with van der Waals surface area (Å²) in [5, 5.41) is 0.814. The highest BCUT2D eigenvalue weighted by Crippen LogP contribution is 2.29. The van der Waals surface area contributed by atoms with Crippen molar-refractivity contribution in [2.75, 3.05) is 26.2 Å². The highest BCUT2D eigenvalue weighted by Gasteiger charge is 2.36. The van der Waals surface area contributed by atoms with Crippen LogP contribution in [0.4, 0.5) is 0 Å². The van der Waals surface area contributed by atoms with Crippen molar-refractivity contribution in [3.8, 4) is 0 Å². The Hall–Kier alpha value is -2.53. The zero-order valence-electron chi connectivity index (χ0n) is 20.3. The lowest BCUT2D eigenvalue weighted by molar-refractivity contribution is -0.131. The van der Waals surface area contributed by atoms with Crippen molar-refractivity contribution in [3.63, 3.8) is 0 Å². The minimum atomic E-state index is -3.82. The zero-order chi connectivity index (χ0) is 25.8. The van der Waals surface area contributed by atoms with Crippen molar-refractivity contribution in [1.29, 1.82) is 0 Å². The Morgan fingerprint density at radius 3 is 2.28 bits per heavy atom. The van der Waals surface area contributed by atoms with Crippen molar-refractivity contribution >= 4 is 26.0 Å². The standard InChI is InChI=1S/C26H33N3O5S2/c1-2-35(31,32)27-20-23-11-8-18-29(23)36(33,34)24-14-12-22(13-15-24)25(19-21-9-4-3-5-10-21)26(30)28-16-6-7-17-28/h2-5,9-10,12-15,23,25,27H,1,6-8,11,16-20H2. The van der Waals surface area contributed by atoms with Crippen LogP contribution in [-0.2, 0) is 31.3 Å². The number of carbonyl (C=O) groups is 1. The van der Waals surface area contributed by atoms with E-state index in [9.17, 15) is 21.6 Å². The van der Waals surface area contributed by atoms with Gasteiger partial charge in [0.05, 0.1) is 10.8 Å². The predicted molar refractivity (Wildman–Crippen MR) is 139 cm³/mol. The number of amides is 1. The first-order valence-electron chi connectivity index (χ1n) is 12.3. The Balaban J connectivity index is 1.55. The summed E-state index contributed by atoms with van der Waals surface area (Å²) in [5.74, 6) is -0.323. The number of carbonyl (C=O) groups excluding carboxylic acids is 1. The molecule has 194 valence electrons. The van der Waals surface area contributed by atoms with Gasteiger partial charge in [-0.2, -0.15) is 4.31 Å². The molecular weight excluding hydrogens is 498 g/mol. The van der Waals surface area contributed by atoms with E-state index in [0.29, 0.717) is 25.8 Å². The average molecular weight is 532 g/mol. The van der Waals surface area contributed by atoms with Gasteiger partial charge < -0.3 is 4.90 Å². The summed E-state index contributed by atoms with van der Waals surface area (Å²) in [6.45, 7) is 5.10. The molecule has 0 radical (unpaired) electrons. The summed E-state index contributed by atoms with van der Waals surface area (Å²) in [4.78, 5) is 15.4. The molecule has 8 nitrogen and oxygen atoms in total. The third kappa shape index (κ3) is 6.05. The lowest BCUT2D eigenvalue weighted by Gasteiger charge is -2.25. The lowest BCUT2D eigenvalue weighted by atomic mass is 9.90. The van der Waals surface area contributed by atoms with E-state index in [4.69, 9.17) is 0 Å². The molecule has 1 N–H and O–H groups in total. The molecule has 0 spiro atoms. The second-order valence-corrected chi connectivity index (χ2v) is 12.9. The summed E-state index contributed by atoms with van der Waals surface area (Å²) in [6, 6.07) is 16.0. The molecule has 2 fully saturated rings. The molecule has 0 bridgehead atoms. The maximum absolute atomic E-state index is 13.4. The topological polar surface area (TPSA) is 104 Å². The van der Waals surface area contributed by atoms with Gasteiger partial charge in [0.1, 0.15) is 0 Å². The smallest absolute Gasteiger partial charge is 0.243 e. The molecule has 0 saturated carbocycles. The van der Waals surface area contributed by atoms with Gasteiger partial charge in [-0.3, -0.25) is 4.79 Å². The number of rotatable bonds is 10. The van der Waals surface area contributed by atoms with Crippen LogP contribution in [0.3, 0.4) is 0 Å². The minimum absolute atomic E-state index is 0.00481. The normalized spacial score (nSPS) is 19.9. The molecular formula is C26H33N3O5S2. The van der Waals surface area contributed by atoms with Gasteiger partial charge in [-0.05, 0) is 55.4 Å². The van der Waals surface area contributed by atoms with Crippen molar-refractivity contribution in [1.82, 2.24) is 13.9 Å². The quantitative estimate of drug-likeness (QED) is 0.508. The fourth-order valence-electron chi connectivity index (χ4n) is 4.96. The molecule has 10 heteroatoms. The predicted octanol–water partition coefficient (Wildman–Crippen LogP) is 2.85. The molecule has 2 aromatic rings. The molecule has 2 aliphatic heterocycles. The summed E-state index contributed by atoms with van der Waals surface area (Å²) in [5.41, 5.74) is 1.83. The van der Waals surface area contributed by atoms with Crippen molar-refractivity contribution in [3.05, 3.63) is 77.7 Å². The molecule has 0 aromatic heterocycles. The summed E-state index contributed by atoms with van der Waals surface area (Å²) >= 11 is 0. The minimum Gasteiger partial charge on any atom is -0.342 e. The van der Waals surface area contributed by atoms with Crippen LogP contribution in [0.2, 0.25) is 0 Å². The van der Waals surface area contributed by atoms with Crippen LogP contribution in [0.25, 0.3) is 0 Å². The molecule has 2 atom stereocenters. The van der Waals surface area contributed by atoms with Gasteiger partial charge in [0.2, 0.25) is 26.0 Å². The number of likely N-dealkylation sites (tertiary alicyclic amines) is 1. The molecule has 2 heterocycles. The second kappa shape index (κ2) is 11.2. The van der Waals surface area contributed by atoms with Gasteiger partial charge in [-0.15, -0.1) is 0 Å². The summed E-state index contributed by atoms with van der Waals surface area (Å²) in [7, 11) is -7.46. The molecule has 2 aliphatic rings. The number of nitrogens with zero attached hydrogens (tertiary/aromatic N) is 2. The van der Waals surface area contributed by atoms with E-state index in [-0.39, 0.29) is 17.3 Å². The van der Waals surface area contributed by atoms with Crippen LogP contribution < -0.4 is 4.72 Å². The first-order chi connectivity index (χ1) is 17.2. The van der Waals surface area contributed by atoms with Gasteiger partial charge in [0.25, 0.3) is 0 Å². The highest BCUT2D eigenvalue weighted by molar-refractivity contribution is 7.92.